The predicted molar refractivity (Wildman–Crippen MR) is 66.2 cm³/mol. The molecule has 0 aliphatic rings. The van der Waals surface area contributed by atoms with Crippen LogP contribution in [0.25, 0.3) is 0 Å². The first-order valence-corrected chi connectivity index (χ1v) is 5.63. The fraction of sp³-hybridized carbons (Fsp3) is 0.364. The maximum absolute atomic E-state index is 11.4. The molecule has 5 heteroatoms. The Labute approximate surface area is 105 Å². The summed E-state index contributed by atoms with van der Waals surface area (Å²) >= 11 is 11.7. The monoisotopic (exact) mass is 261 g/mol. The molecule has 0 fully saturated rings. The molecule has 0 radical (unpaired) electrons. The Kier molecular flexibility index (Phi) is 4.90. The summed E-state index contributed by atoms with van der Waals surface area (Å²) in [6.45, 7) is 1.89. The zero-order chi connectivity index (χ0) is 12.1. The first-order chi connectivity index (χ1) is 7.56. The summed E-state index contributed by atoms with van der Waals surface area (Å²) in [7, 11) is 1.36. The molecule has 1 unspecified atom stereocenters. The summed E-state index contributed by atoms with van der Waals surface area (Å²) in [6, 6.07) is 4.66. The Morgan fingerprint density at radius 1 is 1.38 bits per heavy atom. The summed E-state index contributed by atoms with van der Waals surface area (Å²) in [5.41, 5.74) is 0.703. The molecule has 0 amide bonds. The van der Waals surface area contributed by atoms with Gasteiger partial charge in [-0.15, -0.1) is 0 Å². The molecular formula is C11H13Cl2NO2. The second kappa shape index (κ2) is 5.97. The number of ether oxygens (including phenoxy) is 1. The van der Waals surface area contributed by atoms with Crippen molar-refractivity contribution < 1.29 is 9.53 Å². The van der Waals surface area contributed by atoms with Crippen molar-refractivity contribution in [3.63, 3.8) is 0 Å². The average Bonchev–Trinajstić information content (AvgIpc) is 2.23. The first kappa shape index (κ1) is 13.1. The Bertz CT molecular complexity index is 362. The van der Waals surface area contributed by atoms with Crippen molar-refractivity contribution in [1.82, 2.24) is 0 Å². The predicted octanol–water partition coefficient (Wildman–Crippen LogP) is 3.36. The molecule has 16 heavy (non-hydrogen) atoms. The van der Waals surface area contributed by atoms with E-state index in [-0.39, 0.29) is 12.0 Å². The standard InChI is InChI=1S/C11H13Cl2NO2/c1-3-10(11(15)16-2)14-9-5-7(12)4-8(13)6-9/h4-6,10,14H,3H2,1-2H3. The van der Waals surface area contributed by atoms with Crippen molar-refractivity contribution in [2.75, 3.05) is 12.4 Å². The van der Waals surface area contributed by atoms with Gasteiger partial charge in [0.1, 0.15) is 6.04 Å². The highest BCUT2D eigenvalue weighted by molar-refractivity contribution is 6.35. The van der Waals surface area contributed by atoms with Gasteiger partial charge >= 0.3 is 5.97 Å². The second-order valence-electron chi connectivity index (χ2n) is 3.29. The molecule has 0 saturated carbocycles. The molecule has 1 atom stereocenters. The fourth-order valence-corrected chi connectivity index (χ4v) is 1.83. The van der Waals surface area contributed by atoms with Crippen molar-refractivity contribution in [3.8, 4) is 0 Å². The van der Waals surface area contributed by atoms with Gasteiger partial charge in [0.05, 0.1) is 7.11 Å². The topological polar surface area (TPSA) is 38.3 Å². The zero-order valence-electron chi connectivity index (χ0n) is 9.09. The van der Waals surface area contributed by atoms with Crippen LogP contribution in [0.3, 0.4) is 0 Å². The minimum Gasteiger partial charge on any atom is -0.467 e. The molecule has 0 saturated heterocycles. The number of halogens is 2. The maximum atomic E-state index is 11.4. The van der Waals surface area contributed by atoms with Gasteiger partial charge in [-0.2, -0.15) is 0 Å². The Morgan fingerprint density at radius 3 is 2.38 bits per heavy atom. The van der Waals surface area contributed by atoms with E-state index < -0.39 is 0 Å². The van der Waals surface area contributed by atoms with Gasteiger partial charge in [0.15, 0.2) is 0 Å². The number of carbonyl (C=O) groups is 1. The first-order valence-electron chi connectivity index (χ1n) is 4.87. The minimum absolute atomic E-state index is 0.307. The molecule has 0 aliphatic heterocycles. The lowest BCUT2D eigenvalue weighted by Gasteiger charge is -2.16. The molecule has 0 spiro atoms. The lowest BCUT2D eigenvalue weighted by Crippen LogP contribution is -2.29. The number of hydrogen-bond donors (Lipinski definition) is 1. The second-order valence-corrected chi connectivity index (χ2v) is 4.16. The van der Waals surface area contributed by atoms with Crippen molar-refractivity contribution in [1.29, 1.82) is 0 Å². The molecule has 0 heterocycles. The molecule has 0 aliphatic carbocycles. The van der Waals surface area contributed by atoms with E-state index in [1.54, 1.807) is 18.2 Å². The average molecular weight is 262 g/mol. The third-order valence-corrected chi connectivity index (χ3v) is 2.53. The molecule has 0 bridgehead atoms. The van der Waals surface area contributed by atoms with Gasteiger partial charge in [-0.25, -0.2) is 4.79 Å². The van der Waals surface area contributed by atoms with Crippen LogP contribution in [-0.2, 0) is 9.53 Å². The molecule has 0 aromatic heterocycles. The largest absolute Gasteiger partial charge is 0.467 e. The van der Waals surface area contributed by atoms with Gasteiger partial charge in [0.2, 0.25) is 0 Å². The van der Waals surface area contributed by atoms with Crippen LogP contribution in [0.2, 0.25) is 10.0 Å². The SMILES string of the molecule is CCC(Nc1cc(Cl)cc(Cl)c1)C(=O)OC. The van der Waals surface area contributed by atoms with Crippen molar-refractivity contribution in [2.45, 2.75) is 19.4 Å². The number of rotatable bonds is 4. The van der Waals surface area contributed by atoms with Crippen LogP contribution in [0.15, 0.2) is 18.2 Å². The Morgan fingerprint density at radius 2 is 1.94 bits per heavy atom. The number of hydrogen-bond acceptors (Lipinski definition) is 3. The highest BCUT2D eigenvalue weighted by Crippen LogP contribution is 2.23. The van der Waals surface area contributed by atoms with Gasteiger partial charge in [-0.3, -0.25) is 0 Å². The van der Waals surface area contributed by atoms with E-state index in [9.17, 15) is 4.79 Å². The van der Waals surface area contributed by atoms with Gasteiger partial charge in [0, 0.05) is 15.7 Å². The van der Waals surface area contributed by atoms with E-state index in [0.29, 0.717) is 22.2 Å². The highest BCUT2D eigenvalue weighted by Gasteiger charge is 2.16. The Hall–Kier alpha value is -0.930. The lowest BCUT2D eigenvalue weighted by molar-refractivity contribution is -0.141. The van der Waals surface area contributed by atoms with E-state index in [1.165, 1.54) is 7.11 Å². The lowest BCUT2D eigenvalue weighted by atomic mass is 10.2. The highest BCUT2D eigenvalue weighted by atomic mass is 35.5. The van der Waals surface area contributed by atoms with Gasteiger partial charge < -0.3 is 10.1 Å². The summed E-state index contributed by atoms with van der Waals surface area (Å²) < 4.78 is 4.67. The van der Waals surface area contributed by atoms with Crippen LogP contribution < -0.4 is 5.32 Å². The molecule has 1 aromatic carbocycles. The van der Waals surface area contributed by atoms with Crippen LogP contribution in [-0.4, -0.2) is 19.1 Å². The maximum Gasteiger partial charge on any atom is 0.328 e. The van der Waals surface area contributed by atoms with Crippen LogP contribution >= 0.6 is 23.2 Å². The van der Waals surface area contributed by atoms with Crippen LogP contribution in [0.1, 0.15) is 13.3 Å². The Balaban J connectivity index is 2.81. The summed E-state index contributed by atoms with van der Waals surface area (Å²) in [4.78, 5) is 11.4. The molecule has 88 valence electrons. The normalized spacial score (nSPS) is 12.0. The third kappa shape index (κ3) is 3.58. The third-order valence-electron chi connectivity index (χ3n) is 2.10. The smallest absolute Gasteiger partial charge is 0.328 e. The number of esters is 1. The van der Waals surface area contributed by atoms with Crippen LogP contribution in [0.5, 0.6) is 0 Å². The molecule has 1 rings (SSSR count). The number of carbonyl (C=O) groups excluding carboxylic acids is 1. The quantitative estimate of drug-likeness (QED) is 0.845. The van der Waals surface area contributed by atoms with Crippen molar-refractivity contribution in [3.05, 3.63) is 28.2 Å². The van der Waals surface area contributed by atoms with E-state index >= 15 is 0 Å². The van der Waals surface area contributed by atoms with Gasteiger partial charge in [-0.05, 0) is 24.6 Å². The van der Waals surface area contributed by atoms with E-state index in [0.717, 1.165) is 0 Å². The van der Waals surface area contributed by atoms with Gasteiger partial charge in [0.25, 0.3) is 0 Å². The van der Waals surface area contributed by atoms with Crippen molar-refractivity contribution in [2.24, 2.45) is 0 Å². The van der Waals surface area contributed by atoms with Crippen LogP contribution in [0.4, 0.5) is 5.69 Å². The summed E-state index contributed by atoms with van der Waals surface area (Å²) in [6.07, 6.45) is 0.622. The minimum atomic E-state index is -0.389. The van der Waals surface area contributed by atoms with E-state index in [2.05, 4.69) is 10.1 Å². The van der Waals surface area contributed by atoms with Crippen LogP contribution in [0, 0.1) is 0 Å². The number of benzene rings is 1. The summed E-state index contributed by atoms with van der Waals surface area (Å²) in [5, 5.41) is 4.06. The zero-order valence-corrected chi connectivity index (χ0v) is 10.6. The molecule has 3 nitrogen and oxygen atoms in total. The molecule has 1 N–H and O–H groups in total. The van der Waals surface area contributed by atoms with E-state index in [1.807, 2.05) is 6.92 Å². The van der Waals surface area contributed by atoms with Crippen molar-refractivity contribution >= 4 is 34.9 Å². The number of nitrogens with one attached hydrogen (secondary N) is 1. The number of anilines is 1. The molecular weight excluding hydrogens is 249 g/mol. The number of methoxy groups -OCH3 is 1. The fourth-order valence-electron chi connectivity index (χ4n) is 1.31. The van der Waals surface area contributed by atoms with Gasteiger partial charge in [-0.1, -0.05) is 30.1 Å². The summed E-state index contributed by atoms with van der Waals surface area (Å²) in [5.74, 6) is -0.307. The van der Waals surface area contributed by atoms with E-state index in [4.69, 9.17) is 23.2 Å². The molecule has 1 aromatic rings.